The van der Waals surface area contributed by atoms with Crippen molar-refractivity contribution in [1.82, 2.24) is 5.32 Å². The Kier molecular flexibility index (Phi) is 7.90. The van der Waals surface area contributed by atoms with E-state index in [1.54, 1.807) is 19.1 Å². The molecule has 1 aromatic carbocycles. The molecule has 0 fully saturated rings. The number of anilines is 1. The van der Waals surface area contributed by atoms with Crippen LogP contribution >= 0.6 is 12.4 Å². The summed E-state index contributed by atoms with van der Waals surface area (Å²) in [6, 6.07) is 6.62. The number of benzene rings is 1. The first kappa shape index (κ1) is 20.5. The molecule has 0 unspecified atom stereocenters. The first-order valence-corrected chi connectivity index (χ1v) is 7.56. The monoisotopic (exact) mass is 368 g/mol. The van der Waals surface area contributed by atoms with Gasteiger partial charge in [0.15, 0.2) is 0 Å². The first-order chi connectivity index (χ1) is 11.5. The average molecular weight is 369 g/mol. The summed E-state index contributed by atoms with van der Waals surface area (Å²) < 4.78 is 5.10. The number of nitrogens with zero attached hydrogens (tertiary/aromatic N) is 1. The van der Waals surface area contributed by atoms with Crippen molar-refractivity contribution in [3.8, 4) is 0 Å². The Bertz CT molecular complexity index is 733. The average Bonchev–Trinajstić information content (AvgIpc) is 3.04. The number of nitro groups is 1. The lowest BCUT2D eigenvalue weighted by Gasteiger charge is -2.08. The van der Waals surface area contributed by atoms with Gasteiger partial charge in [0.05, 0.1) is 17.0 Å². The van der Waals surface area contributed by atoms with Crippen LogP contribution in [0.3, 0.4) is 0 Å². The molecule has 1 amide bonds. The third kappa shape index (κ3) is 5.77. The fraction of sp³-hybridized carbons (Fsp3) is 0.312. The second-order valence-corrected chi connectivity index (χ2v) is 5.32. The largest absolute Gasteiger partial charge is 0.467 e. The lowest BCUT2D eigenvalue weighted by Crippen LogP contribution is -2.25. The summed E-state index contributed by atoms with van der Waals surface area (Å²) in [5.41, 5.74) is 7.20. The number of carbonyl (C=O) groups is 1. The minimum atomic E-state index is -0.412. The number of carbonyl (C=O) groups excluding carboxylic acids is 1. The number of nitrogens with two attached hydrogens (primary N) is 1. The molecule has 136 valence electrons. The smallest absolute Gasteiger partial charge is 0.292 e. The molecule has 0 atom stereocenters. The van der Waals surface area contributed by atoms with E-state index >= 15 is 0 Å². The molecule has 4 N–H and O–H groups in total. The number of furan rings is 1. The molecule has 0 aliphatic rings. The van der Waals surface area contributed by atoms with Gasteiger partial charge < -0.3 is 20.8 Å². The molecule has 8 nitrogen and oxygen atoms in total. The topological polar surface area (TPSA) is 123 Å². The molecule has 0 saturated carbocycles. The molecule has 2 rings (SSSR count). The molecule has 9 heteroatoms. The number of hydrogen-bond donors (Lipinski definition) is 3. The van der Waals surface area contributed by atoms with Crippen molar-refractivity contribution in [3.63, 3.8) is 0 Å². The van der Waals surface area contributed by atoms with Gasteiger partial charge in [-0.25, -0.2) is 0 Å². The minimum Gasteiger partial charge on any atom is -0.467 e. The van der Waals surface area contributed by atoms with Crippen LogP contribution in [-0.4, -0.2) is 23.9 Å². The van der Waals surface area contributed by atoms with Gasteiger partial charge in [0.25, 0.3) is 11.6 Å². The summed E-state index contributed by atoms with van der Waals surface area (Å²) in [7, 11) is 0. The predicted molar refractivity (Wildman–Crippen MR) is 97.1 cm³/mol. The predicted octanol–water partition coefficient (Wildman–Crippen LogP) is 2.61. The fourth-order valence-electron chi connectivity index (χ4n) is 2.16. The number of amides is 1. The van der Waals surface area contributed by atoms with E-state index in [1.165, 1.54) is 12.3 Å². The highest BCUT2D eigenvalue weighted by Crippen LogP contribution is 2.25. The van der Waals surface area contributed by atoms with Crippen LogP contribution in [0.15, 0.2) is 34.9 Å². The molecule has 0 radical (unpaired) electrons. The van der Waals surface area contributed by atoms with Gasteiger partial charge in [-0.2, -0.15) is 0 Å². The van der Waals surface area contributed by atoms with Gasteiger partial charge in [0.2, 0.25) is 0 Å². The molecule has 0 saturated heterocycles. The van der Waals surface area contributed by atoms with Crippen LogP contribution < -0.4 is 16.4 Å². The lowest BCUT2D eigenvalue weighted by atomic mass is 10.2. The van der Waals surface area contributed by atoms with Crippen LogP contribution in [0.1, 0.15) is 28.1 Å². The molecule has 0 spiro atoms. The zero-order valence-electron chi connectivity index (χ0n) is 13.8. The highest BCUT2D eigenvalue weighted by Gasteiger charge is 2.13. The van der Waals surface area contributed by atoms with Crippen LogP contribution in [-0.2, 0) is 6.54 Å². The number of nitro benzene ring substituents is 1. The van der Waals surface area contributed by atoms with Gasteiger partial charge in [-0.15, -0.1) is 12.4 Å². The second kappa shape index (κ2) is 9.65. The van der Waals surface area contributed by atoms with Gasteiger partial charge in [-0.1, -0.05) is 6.07 Å². The maximum Gasteiger partial charge on any atom is 0.292 e. The Morgan fingerprint density at radius 3 is 2.72 bits per heavy atom. The summed E-state index contributed by atoms with van der Waals surface area (Å²) in [5, 5.41) is 16.8. The third-order valence-corrected chi connectivity index (χ3v) is 3.42. The van der Waals surface area contributed by atoms with Gasteiger partial charge in [-0.3, -0.25) is 14.9 Å². The molecule has 0 bridgehead atoms. The normalized spacial score (nSPS) is 10.0. The molecule has 0 aliphatic carbocycles. The van der Waals surface area contributed by atoms with Crippen molar-refractivity contribution in [3.05, 3.63) is 57.5 Å². The van der Waals surface area contributed by atoms with Crippen LogP contribution in [0.5, 0.6) is 0 Å². The Hall–Kier alpha value is -2.58. The molecule has 2 aromatic rings. The summed E-state index contributed by atoms with van der Waals surface area (Å²) in [5.74, 6) is 0.313. The summed E-state index contributed by atoms with van der Waals surface area (Å²) in [4.78, 5) is 22.5. The van der Waals surface area contributed by atoms with Crippen LogP contribution in [0.25, 0.3) is 0 Å². The number of hydrogen-bond acceptors (Lipinski definition) is 6. The van der Waals surface area contributed by atoms with Crippen LogP contribution in [0.2, 0.25) is 0 Å². The van der Waals surface area contributed by atoms with E-state index < -0.39 is 4.92 Å². The van der Waals surface area contributed by atoms with Gasteiger partial charge in [-0.05, 0) is 31.0 Å². The second-order valence-electron chi connectivity index (χ2n) is 5.32. The molecule has 1 aromatic heterocycles. The zero-order valence-corrected chi connectivity index (χ0v) is 14.6. The minimum absolute atomic E-state index is 0. The van der Waals surface area contributed by atoms with Crippen molar-refractivity contribution in [2.24, 2.45) is 5.73 Å². The molecular weight excluding hydrogens is 348 g/mol. The highest BCUT2D eigenvalue weighted by molar-refractivity contribution is 5.93. The maximum atomic E-state index is 11.9. The van der Waals surface area contributed by atoms with E-state index in [9.17, 15) is 14.9 Å². The lowest BCUT2D eigenvalue weighted by molar-refractivity contribution is -0.384. The number of rotatable bonds is 8. The third-order valence-electron chi connectivity index (χ3n) is 3.42. The molecule has 25 heavy (non-hydrogen) atoms. The van der Waals surface area contributed by atoms with E-state index in [2.05, 4.69) is 10.6 Å². The van der Waals surface area contributed by atoms with Crippen LogP contribution in [0.4, 0.5) is 11.4 Å². The van der Waals surface area contributed by atoms with Gasteiger partial charge in [0.1, 0.15) is 17.7 Å². The van der Waals surface area contributed by atoms with Crippen molar-refractivity contribution in [1.29, 1.82) is 0 Å². The van der Waals surface area contributed by atoms with E-state index in [-0.39, 0.29) is 30.5 Å². The van der Waals surface area contributed by atoms with Crippen molar-refractivity contribution in [2.45, 2.75) is 19.9 Å². The summed E-state index contributed by atoms with van der Waals surface area (Å²) in [6.07, 6.45) is 1.99. The standard InChI is InChI=1S/C16H20N4O4.ClH/c1-11-3-4-14(15(7-11)20(22)23)18-5-2-6-19-16(21)12-8-13(9-17)24-10-12;/h3-4,7-8,10,18H,2,5-6,9,17H2,1H3,(H,19,21);1H. The van der Waals surface area contributed by atoms with E-state index in [0.717, 1.165) is 5.56 Å². The first-order valence-electron chi connectivity index (χ1n) is 7.56. The Morgan fingerprint density at radius 2 is 2.08 bits per heavy atom. The van der Waals surface area contributed by atoms with Crippen molar-refractivity contribution >= 4 is 29.7 Å². The van der Waals surface area contributed by atoms with Gasteiger partial charge >= 0.3 is 0 Å². The molecular formula is C16H21ClN4O4. The van der Waals surface area contributed by atoms with Crippen molar-refractivity contribution < 1.29 is 14.1 Å². The van der Waals surface area contributed by atoms with E-state index in [0.29, 0.717) is 36.5 Å². The van der Waals surface area contributed by atoms with Crippen LogP contribution in [0, 0.1) is 17.0 Å². The van der Waals surface area contributed by atoms with E-state index in [1.807, 2.05) is 6.07 Å². The summed E-state index contributed by atoms with van der Waals surface area (Å²) >= 11 is 0. The van der Waals surface area contributed by atoms with Crippen molar-refractivity contribution in [2.75, 3.05) is 18.4 Å². The molecule has 1 heterocycles. The van der Waals surface area contributed by atoms with Gasteiger partial charge in [0, 0.05) is 19.2 Å². The zero-order chi connectivity index (χ0) is 17.5. The number of aryl methyl sites for hydroxylation is 1. The Morgan fingerprint density at radius 1 is 1.32 bits per heavy atom. The molecule has 0 aliphatic heterocycles. The summed E-state index contributed by atoms with van der Waals surface area (Å²) in [6.45, 7) is 2.99. The SMILES string of the molecule is Cc1ccc(NCCCNC(=O)c2coc(CN)c2)c([N+](=O)[O-])c1.Cl. The Balaban J connectivity index is 0.00000312. The number of nitrogens with one attached hydrogen (secondary N) is 2. The van der Waals surface area contributed by atoms with E-state index in [4.69, 9.17) is 10.2 Å². The maximum absolute atomic E-state index is 11.9. The quantitative estimate of drug-likeness (QED) is 0.374. The number of halogens is 1. The Labute approximate surface area is 151 Å². The highest BCUT2D eigenvalue weighted by atomic mass is 35.5. The fourth-order valence-corrected chi connectivity index (χ4v) is 2.16.